The van der Waals surface area contributed by atoms with Crippen molar-refractivity contribution in [3.63, 3.8) is 0 Å². The van der Waals surface area contributed by atoms with Crippen molar-refractivity contribution in [1.29, 1.82) is 0 Å². The van der Waals surface area contributed by atoms with Crippen molar-refractivity contribution in [3.05, 3.63) is 12.7 Å². The Morgan fingerprint density at radius 3 is 3.00 bits per heavy atom. The summed E-state index contributed by atoms with van der Waals surface area (Å²) in [5.74, 6) is 0. The molecule has 1 rings (SSSR count). The number of hydrogen-bond acceptors (Lipinski definition) is 3. The van der Waals surface area contributed by atoms with E-state index in [-0.39, 0.29) is 12.2 Å². The van der Waals surface area contributed by atoms with Gasteiger partial charge in [-0.05, 0) is 32.2 Å². The van der Waals surface area contributed by atoms with Crippen LogP contribution >= 0.6 is 0 Å². The van der Waals surface area contributed by atoms with Gasteiger partial charge < -0.3 is 9.84 Å². The van der Waals surface area contributed by atoms with Crippen LogP contribution in [0.15, 0.2) is 12.7 Å². The van der Waals surface area contributed by atoms with Gasteiger partial charge in [-0.3, -0.25) is 4.90 Å². The topological polar surface area (TPSA) is 32.7 Å². The molecule has 1 N–H and O–H groups in total. The van der Waals surface area contributed by atoms with E-state index in [0.29, 0.717) is 0 Å². The number of allylic oxidation sites excluding steroid dienone is 1. The zero-order chi connectivity index (χ0) is 13.2. The fourth-order valence-electron chi connectivity index (χ4n) is 2.49. The quantitative estimate of drug-likeness (QED) is 0.508. The number of morpholine rings is 1. The van der Waals surface area contributed by atoms with E-state index in [2.05, 4.69) is 18.4 Å². The molecule has 1 fully saturated rings. The molecule has 1 aliphatic rings. The Balaban J connectivity index is 2.15. The first kappa shape index (κ1) is 15.7. The molecule has 3 heteroatoms. The third kappa shape index (κ3) is 5.98. The average molecular weight is 255 g/mol. The fraction of sp³-hybridized carbons (Fsp3) is 0.867. The first-order valence-corrected chi connectivity index (χ1v) is 7.40. The normalized spacial score (nSPS) is 22.9. The third-order valence-electron chi connectivity index (χ3n) is 3.55. The Morgan fingerprint density at radius 1 is 1.44 bits per heavy atom. The molecule has 0 radical (unpaired) electrons. The highest BCUT2D eigenvalue weighted by atomic mass is 16.5. The van der Waals surface area contributed by atoms with Crippen molar-refractivity contribution in [2.75, 3.05) is 26.2 Å². The maximum absolute atomic E-state index is 10.1. The van der Waals surface area contributed by atoms with E-state index in [1.165, 1.54) is 19.3 Å². The highest BCUT2D eigenvalue weighted by Crippen LogP contribution is 2.15. The van der Waals surface area contributed by atoms with Crippen LogP contribution in [0.2, 0.25) is 0 Å². The molecular weight excluding hydrogens is 226 g/mol. The second-order valence-corrected chi connectivity index (χ2v) is 5.20. The van der Waals surface area contributed by atoms with Gasteiger partial charge in [-0.2, -0.15) is 0 Å². The van der Waals surface area contributed by atoms with E-state index in [0.717, 1.165) is 45.5 Å². The minimum absolute atomic E-state index is 0.0182. The molecule has 106 valence electrons. The number of aliphatic hydroxyl groups excluding tert-OH is 1. The van der Waals surface area contributed by atoms with Crippen LogP contribution in [0.4, 0.5) is 0 Å². The molecule has 18 heavy (non-hydrogen) atoms. The van der Waals surface area contributed by atoms with Crippen LogP contribution in [0.25, 0.3) is 0 Å². The molecule has 0 bridgehead atoms. The second kappa shape index (κ2) is 9.54. The van der Waals surface area contributed by atoms with Crippen LogP contribution in [0.3, 0.4) is 0 Å². The highest BCUT2D eigenvalue weighted by Gasteiger charge is 2.25. The number of nitrogens with zero attached hydrogens (tertiary/aromatic N) is 1. The predicted molar refractivity (Wildman–Crippen MR) is 75.8 cm³/mol. The molecule has 3 nitrogen and oxygen atoms in total. The van der Waals surface area contributed by atoms with Gasteiger partial charge in [0.15, 0.2) is 0 Å². The SMILES string of the molecule is C=CCCCCCC(O)C1CN(CCC)CCO1. The molecule has 0 spiro atoms. The number of hydrogen-bond donors (Lipinski definition) is 1. The first-order valence-electron chi connectivity index (χ1n) is 7.40. The predicted octanol–water partition coefficient (Wildman–Crippen LogP) is 2.59. The van der Waals surface area contributed by atoms with Crippen molar-refractivity contribution in [1.82, 2.24) is 4.90 Å². The minimum Gasteiger partial charge on any atom is -0.390 e. The molecule has 2 atom stereocenters. The van der Waals surface area contributed by atoms with Crippen LogP contribution in [0.5, 0.6) is 0 Å². The Kier molecular flexibility index (Phi) is 8.31. The lowest BCUT2D eigenvalue weighted by Crippen LogP contribution is -2.47. The second-order valence-electron chi connectivity index (χ2n) is 5.20. The van der Waals surface area contributed by atoms with E-state index in [9.17, 15) is 5.11 Å². The van der Waals surface area contributed by atoms with Crippen molar-refractivity contribution in [2.24, 2.45) is 0 Å². The zero-order valence-electron chi connectivity index (χ0n) is 11.8. The maximum Gasteiger partial charge on any atom is 0.0960 e. The van der Waals surface area contributed by atoms with E-state index < -0.39 is 0 Å². The standard InChI is InChI=1S/C15H29NO2/c1-3-5-6-7-8-9-14(17)15-13-16(10-4-2)11-12-18-15/h3,14-15,17H,1,4-13H2,2H3. The number of rotatable bonds is 9. The molecular formula is C15H29NO2. The smallest absolute Gasteiger partial charge is 0.0960 e. The summed E-state index contributed by atoms with van der Waals surface area (Å²) in [4.78, 5) is 2.40. The van der Waals surface area contributed by atoms with E-state index in [4.69, 9.17) is 4.74 Å². The van der Waals surface area contributed by atoms with Gasteiger partial charge >= 0.3 is 0 Å². The molecule has 1 aliphatic heterocycles. The molecule has 0 aromatic carbocycles. The van der Waals surface area contributed by atoms with Gasteiger partial charge in [0.2, 0.25) is 0 Å². The van der Waals surface area contributed by atoms with Crippen molar-refractivity contribution in [3.8, 4) is 0 Å². The molecule has 0 saturated carbocycles. The van der Waals surface area contributed by atoms with E-state index >= 15 is 0 Å². The summed E-state index contributed by atoms with van der Waals surface area (Å²) in [7, 11) is 0. The first-order chi connectivity index (χ1) is 8.77. The van der Waals surface area contributed by atoms with Crippen molar-refractivity contribution >= 4 is 0 Å². The third-order valence-corrected chi connectivity index (χ3v) is 3.55. The number of ether oxygens (including phenoxy) is 1. The molecule has 1 heterocycles. The summed E-state index contributed by atoms with van der Waals surface area (Å²) >= 11 is 0. The van der Waals surface area contributed by atoms with Crippen molar-refractivity contribution in [2.45, 2.75) is 57.7 Å². The number of unbranched alkanes of at least 4 members (excludes halogenated alkanes) is 3. The Morgan fingerprint density at radius 2 is 2.28 bits per heavy atom. The minimum atomic E-state index is -0.298. The lowest BCUT2D eigenvalue weighted by atomic mass is 10.0. The largest absolute Gasteiger partial charge is 0.390 e. The summed E-state index contributed by atoms with van der Waals surface area (Å²) in [6.07, 6.45) is 8.24. The Bertz CT molecular complexity index is 219. The van der Waals surface area contributed by atoms with Crippen LogP contribution in [0.1, 0.15) is 45.4 Å². The van der Waals surface area contributed by atoms with Crippen LogP contribution in [-0.4, -0.2) is 48.5 Å². The number of aliphatic hydroxyl groups is 1. The molecule has 0 amide bonds. The lowest BCUT2D eigenvalue weighted by molar-refractivity contribution is -0.0906. The van der Waals surface area contributed by atoms with Gasteiger partial charge in [0.25, 0.3) is 0 Å². The zero-order valence-corrected chi connectivity index (χ0v) is 11.8. The maximum atomic E-state index is 10.1. The van der Waals surface area contributed by atoms with Crippen molar-refractivity contribution < 1.29 is 9.84 Å². The van der Waals surface area contributed by atoms with Gasteiger partial charge in [-0.25, -0.2) is 0 Å². The molecule has 0 aromatic rings. The average Bonchev–Trinajstić information content (AvgIpc) is 2.39. The highest BCUT2D eigenvalue weighted by molar-refractivity contribution is 4.77. The lowest BCUT2D eigenvalue weighted by Gasteiger charge is -2.35. The van der Waals surface area contributed by atoms with Crippen LogP contribution in [-0.2, 0) is 4.74 Å². The van der Waals surface area contributed by atoms with Gasteiger partial charge in [-0.15, -0.1) is 6.58 Å². The van der Waals surface area contributed by atoms with Gasteiger partial charge in [0.05, 0.1) is 18.8 Å². The Hall–Kier alpha value is -0.380. The summed E-state index contributed by atoms with van der Waals surface area (Å²) in [6.45, 7) is 9.69. The summed E-state index contributed by atoms with van der Waals surface area (Å²) in [5.41, 5.74) is 0. The van der Waals surface area contributed by atoms with Gasteiger partial charge in [-0.1, -0.05) is 25.8 Å². The summed E-state index contributed by atoms with van der Waals surface area (Å²) in [6, 6.07) is 0. The van der Waals surface area contributed by atoms with Gasteiger partial charge in [0.1, 0.15) is 0 Å². The Labute approximate surface area is 112 Å². The van der Waals surface area contributed by atoms with Gasteiger partial charge in [0, 0.05) is 13.1 Å². The summed E-state index contributed by atoms with van der Waals surface area (Å²) < 4.78 is 5.69. The van der Waals surface area contributed by atoms with E-state index in [1.54, 1.807) is 0 Å². The monoisotopic (exact) mass is 255 g/mol. The molecule has 2 unspecified atom stereocenters. The van der Waals surface area contributed by atoms with Crippen LogP contribution < -0.4 is 0 Å². The molecule has 1 saturated heterocycles. The summed E-state index contributed by atoms with van der Waals surface area (Å²) in [5, 5.41) is 10.1. The fourth-order valence-corrected chi connectivity index (χ4v) is 2.49. The molecule has 0 aromatic heterocycles. The van der Waals surface area contributed by atoms with E-state index in [1.807, 2.05) is 6.08 Å². The molecule has 0 aliphatic carbocycles. The van der Waals surface area contributed by atoms with Crippen LogP contribution in [0, 0.1) is 0 Å².